The van der Waals surface area contributed by atoms with Crippen LogP contribution in [0.5, 0.6) is 0 Å². The van der Waals surface area contributed by atoms with E-state index in [4.69, 9.17) is 5.73 Å². The van der Waals surface area contributed by atoms with E-state index in [1.165, 1.54) is 43.4 Å². The molecule has 0 unspecified atom stereocenters. The summed E-state index contributed by atoms with van der Waals surface area (Å²) in [5.74, 6) is 0. The van der Waals surface area contributed by atoms with Crippen LogP contribution in [0, 0.1) is 0 Å². The van der Waals surface area contributed by atoms with Gasteiger partial charge in [0.2, 0.25) is 0 Å². The van der Waals surface area contributed by atoms with Gasteiger partial charge in [-0.1, -0.05) is 32.3 Å². The van der Waals surface area contributed by atoms with Gasteiger partial charge in [-0.3, -0.25) is 0 Å². The maximum absolute atomic E-state index is 6.00. The van der Waals surface area contributed by atoms with Crippen LogP contribution in [0.25, 0.3) is 0 Å². The number of anilines is 2. The van der Waals surface area contributed by atoms with Crippen molar-refractivity contribution in [1.82, 2.24) is 0 Å². The van der Waals surface area contributed by atoms with Crippen LogP contribution < -0.4 is 11.1 Å². The number of hydrogen-bond donors (Lipinski definition) is 2. The molecule has 1 aromatic carbocycles. The van der Waals surface area contributed by atoms with Crippen molar-refractivity contribution < 1.29 is 0 Å². The molecule has 2 nitrogen and oxygen atoms in total. The molecule has 0 spiro atoms. The normalized spacial score (nSPS) is 17.3. The lowest BCUT2D eigenvalue weighted by atomic mass is 9.95. The third kappa shape index (κ3) is 2.69. The first-order valence-corrected chi connectivity index (χ1v) is 6.44. The number of aryl methyl sites for hydroxylation is 1. The second-order valence-corrected chi connectivity index (χ2v) is 4.75. The molecule has 1 aromatic rings. The van der Waals surface area contributed by atoms with Crippen LogP contribution in [0.4, 0.5) is 11.4 Å². The molecule has 0 heterocycles. The van der Waals surface area contributed by atoms with Gasteiger partial charge in [0.05, 0.1) is 0 Å². The van der Waals surface area contributed by atoms with Crippen molar-refractivity contribution in [3.05, 3.63) is 23.8 Å². The molecule has 0 aliphatic heterocycles. The van der Waals surface area contributed by atoms with E-state index in [0.29, 0.717) is 6.04 Å². The Labute approximate surface area is 98.2 Å². The van der Waals surface area contributed by atoms with E-state index in [0.717, 1.165) is 12.1 Å². The Morgan fingerprint density at radius 3 is 2.62 bits per heavy atom. The molecule has 1 saturated carbocycles. The first-order chi connectivity index (χ1) is 7.79. The third-order valence-electron chi connectivity index (χ3n) is 3.50. The Morgan fingerprint density at radius 1 is 1.25 bits per heavy atom. The van der Waals surface area contributed by atoms with E-state index in [-0.39, 0.29) is 0 Å². The van der Waals surface area contributed by atoms with E-state index < -0.39 is 0 Å². The molecule has 0 atom stereocenters. The summed E-state index contributed by atoms with van der Waals surface area (Å²) < 4.78 is 0. The number of nitrogen functional groups attached to an aromatic ring is 1. The smallest absolute Gasteiger partial charge is 0.0367 e. The summed E-state index contributed by atoms with van der Waals surface area (Å²) >= 11 is 0. The summed E-state index contributed by atoms with van der Waals surface area (Å²) in [6.07, 6.45) is 7.73. The number of nitrogens with one attached hydrogen (secondary N) is 1. The van der Waals surface area contributed by atoms with Crippen LogP contribution in [0.15, 0.2) is 18.2 Å². The molecular weight excluding hydrogens is 196 g/mol. The summed E-state index contributed by atoms with van der Waals surface area (Å²) in [7, 11) is 0. The average molecular weight is 218 g/mol. The highest BCUT2D eigenvalue weighted by Gasteiger charge is 2.12. The monoisotopic (exact) mass is 218 g/mol. The van der Waals surface area contributed by atoms with E-state index in [2.05, 4.69) is 30.4 Å². The molecule has 2 rings (SSSR count). The molecule has 1 fully saturated rings. The summed E-state index contributed by atoms with van der Waals surface area (Å²) in [5, 5.41) is 3.59. The summed E-state index contributed by atoms with van der Waals surface area (Å²) in [6.45, 7) is 2.14. The Bertz CT molecular complexity index is 341. The largest absolute Gasteiger partial charge is 0.398 e. The summed E-state index contributed by atoms with van der Waals surface area (Å²) in [5.41, 5.74) is 9.34. The van der Waals surface area contributed by atoms with Crippen molar-refractivity contribution >= 4 is 11.4 Å². The SMILES string of the molecule is CCc1ccc(NC2CCCCC2)cc1N. The van der Waals surface area contributed by atoms with Crippen molar-refractivity contribution in [1.29, 1.82) is 0 Å². The van der Waals surface area contributed by atoms with E-state index in [9.17, 15) is 0 Å². The van der Waals surface area contributed by atoms with Gasteiger partial charge in [0.1, 0.15) is 0 Å². The van der Waals surface area contributed by atoms with Gasteiger partial charge >= 0.3 is 0 Å². The number of hydrogen-bond acceptors (Lipinski definition) is 2. The molecule has 0 saturated heterocycles. The van der Waals surface area contributed by atoms with Gasteiger partial charge in [-0.25, -0.2) is 0 Å². The van der Waals surface area contributed by atoms with Gasteiger partial charge in [-0.2, -0.15) is 0 Å². The number of nitrogens with two attached hydrogens (primary N) is 1. The van der Waals surface area contributed by atoms with E-state index in [1.54, 1.807) is 0 Å². The molecule has 0 radical (unpaired) electrons. The lowest BCUT2D eigenvalue weighted by Crippen LogP contribution is -2.22. The average Bonchev–Trinajstić information content (AvgIpc) is 2.31. The van der Waals surface area contributed by atoms with Crippen molar-refractivity contribution in [2.45, 2.75) is 51.5 Å². The highest BCUT2D eigenvalue weighted by atomic mass is 14.9. The Kier molecular flexibility index (Phi) is 3.70. The van der Waals surface area contributed by atoms with Gasteiger partial charge in [0.25, 0.3) is 0 Å². The Balaban J connectivity index is 2.01. The predicted octanol–water partition coefficient (Wildman–Crippen LogP) is 3.58. The minimum atomic E-state index is 0.653. The Hall–Kier alpha value is -1.18. The minimum absolute atomic E-state index is 0.653. The summed E-state index contributed by atoms with van der Waals surface area (Å²) in [6, 6.07) is 7.03. The Morgan fingerprint density at radius 2 is 2.00 bits per heavy atom. The van der Waals surface area contributed by atoms with Crippen LogP contribution in [0.3, 0.4) is 0 Å². The van der Waals surface area contributed by atoms with Gasteiger partial charge in [-0.05, 0) is 37.0 Å². The van der Waals surface area contributed by atoms with Crippen molar-refractivity contribution in [2.24, 2.45) is 0 Å². The maximum atomic E-state index is 6.00. The van der Waals surface area contributed by atoms with Crippen LogP contribution >= 0.6 is 0 Å². The van der Waals surface area contributed by atoms with Crippen molar-refractivity contribution in [3.8, 4) is 0 Å². The molecule has 0 bridgehead atoms. The lowest BCUT2D eigenvalue weighted by Gasteiger charge is -2.24. The fourth-order valence-corrected chi connectivity index (χ4v) is 2.49. The third-order valence-corrected chi connectivity index (χ3v) is 3.50. The topological polar surface area (TPSA) is 38.0 Å². The molecule has 16 heavy (non-hydrogen) atoms. The highest BCUT2D eigenvalue weighted by Crippen LogP contribution is 2.24. The van der Waals surface area contributed by atoms with Gasteiger partial charge in [0, 0.05) is 17.4 Å². The molecule has 1 aliphatic carbocycles. The minimum Gasteiger partial charge on any atom is -0.398 e. The fraction of sp³-hybridized carbons (Fsp3) is 0.571. The predicted molar refractivity (Wildman–Crippen MR) is 70.7 cm³/mol. The molecule has 1 aliphatic rings. The summed E-state index contributed by atoms with van der Waals surface area (Å²) in [4.78, 5) is 0. The zero-order valence-electron chi connectivity index (χ0n) is 10.1. The molecule has 3 N–H and O–H groups in total. The standard InChI is InChI=1S/C14H22N2/c1-2-11-8-9-13(10-14(11)15)16-12-6-4-3-5-7-12/h8-10,12,16H,2-7,15H2,1H3. The first-order valence-electron chi connectivity index (χ1n) is 6.44. The zero-order valence-corrected chi connectivity index (χ0v) is 10.1. The molecular formula is C14H22N2. The zero-order chi connectivity index (χ0) is 11.4. The molecule has 2 heteroatoms. The van der Waals surface area contributed by atoms with E-state index >= 15 is 0 Å². The van der Waals surface area contributed by atoms with Crippen molar-refractivity contribution in [2.75, 3.05) is 11.1 Å². The van der Waals surface area contributed by atoms with Gasteiger partial charge in [0.15, 0.2) is 0 Å². The highest BCUT2D eigenvalue weighted by molar-refractivity contribution is 5.59. The van der Waals surface area contributed by atoms with Gasteiger partial charge in [-0.15, -0.1) is 0 Å². The molecule has 0 aromatic heterocycles. The van der Waals surface area contributed by atoms with Crippen LogP contribution in [0.1, 0.15) is 44.6 Å². The van der Waals surface area contributed by atoms with Crippen LogP contribution in [-0.2, 0) is 6.42 Å². The number of benzene rings is 1. The van der Waals surface area contributed by atoms with Gasteiger partial charge < -0.3 is 11.1 Å². The fourth-order valence-electron chi connectivity index (χ4n) is 2.49. The quantitative estimate of drug-likeness (QED) is 0.761. The second kappa shape index (κ2) is 5.24. The van der Waals surface area contributed by atoms with Crippen LogP contribution in [0.2, 0.25) is 0 Å². The maximum Gasteiger partial charge on any atom is 0.0367 e. The number of rotatable bonds is 3. The first kappa shape index (κ1) is 11.3. The van der Waals surface area contributed by atoms with Crippen LogP contribution in [-0.4, -0.2) is 6.04 Å². The lowest BCUT2D eigenvalue weighted by molar-refractivity contribution is 0.463. The second-order valence-electron chi connectivity index (χ2n) is 4.75. The molecule has 88 valence electrons. The molecule has 0 amide bonds. The van der Waals surface area contributed by atoms with Crippen molar-refractivity contribution in [3.63, 3.8) is 0 Å². The van der Waals surface area contributed by atoms with E-state index in [1.807, 2.05) is 0 Å².